The number of carbonyl (C=O) groups excluding carboxylic acids is 1. The molecule has 0 unspecified atom stereocenters. The lowest BCUT2D eigenvalue weighted by Crippen LogP contribution is -2.31. The van der Waals surface area contributed by atoms with E-state index in [1.54, 1.807) is 0 Å². The van der Waals surface area contributed by atoms with Crippen molar-refractivity contribution in [3.63, 3.8) is 0 Å². The van der Waals surface area contributed by atoms with Gasteiger partial charge in [-0.3, -0.25) is 4.79 Å². The smallest absolute Gasteiger partial charge is 0.227 e. The Hall–Kier alpha value is -2.08. The first-order chi connectivity index (χ1) is 11.2. The van der Waals surface area contributed by atoms with Crippen LogP contribution in [-0.4, -0.2) is 26.8 Å². The van der Waals surface area contributed by atoms with Gasteiger partial charge in [-0.15, -0.1) is 5.10 Å². The lowest BCUT2D eigenvalue weighted by molar-refractivity contribution is -0.116. The normalized spacial score (nSPS) is 20.1. The van der Waals surface area contributed by atoms with E-state index in [0.29, 0.717) is 6.42 Å². The summed E-state index contributed by atoms with van der Waals surface area (Å²) >= 11 is 1.51. The number of allylic oxidation sites excluding steroid dienone is 2. The van der Waals surface area contributed by atoms with Crippen LogP contribution in [0.25, 0.3) is 0 Å². The molecule has 0 saturated heterocycles. The fraction of sp³-hybridized carbons (Fsp3) is 0.353. The third-order valence-electron chi connectivity index (χ3n) is 4.42. The van der Waals surface area contributed by atoms with Gasteiger partial charge in [-0.1, -0.05) is 41.6 Å². The minimum Gasteiger partial charge on any atom is -0.328 e. The van der Waals surface area contributed by atoms with Gasteiger partial charge in [0.25, 0.3) is 0 Å². The standard InChI is InChI=1S/C17H18N4OS/c1-10-6-8-11(9-7-10)15-14-12(4-3-5-13(14)22)18-16-19-17(23-2)20-21(15)16/h6-9,15H,3-5H2,1-2H3,(H,18,19,20)/t15-/m1/s1. The molecule has 2 aliphatic rings. The number of hydrogen-bond acceptors (Lipinski definition) is 5. The third kappa shape index (κ3) is 2.37. The zero-order valence-corrected chi connectivity index (χ0v) is 14.0. The van der Waals surface area contributed by atoms with Gasteiger partial charge in [0, 0.05) is 17.7 Å². The summed E-state index contributed by atoms with van der Waals surface area (Å²) in [5.41, 5.74) is 4.15. The number of fused-ring (bicyclic) bond motifs is 1. The van der Waals surface area contributed by atoms with E-state index in [1.807, 2.05) is 10.9 Å². The maximum atomic E-state index is 12.6. The average Bonchev–Trinajstić information content (AvgIpc) is 2.97. The Morgan fingerprint density at radius 2 is 2.04 bits per heavy atom. The molecule has 0 amide bonds. The van der Waals surface area contributed by atoms with E-state index in [4.69, 9.17) is 0 Å². The van der Waals surface area contributed by atoms with Gasteiger partial charge in [0.15, 0.2) is 5.78 Å². The molecule has 4 rings (SSSR count). The molecule has 23 heavy (non-hydrogen) atoms. The van der Waals surface area contributed by atoms with Crippen molar-refractivity contribution in [1.29, 1.82) is 0 Å². The number of thioether (sulfide) groups is 1. The number of nitrogens with zero attached hydrogens (tertiary/aromatic N) is 3. The molecule has 1 aromatic heterocycles. The van der Waals surface area contributed by atoms with Crippen LogP contribution in [0.15, 0.2) is 40.7 Å². The van der Waals surface area contributed by atoms with E-state index in [1.165, 1.54) is 17.3 Å². The molecule has 5 nitrogen and oxygen atoms in total. The number of Topliss-reactive ketones (excluding diaryl/α,β-unsaturated/α-hetero) is 1. The Labute approximate surface area is 139 Å². The molecule has 2 heterocycles. The molecule has 0 bridgehead atoms. The number of carbonyl (C=O) groups is 1. The molecule has 0 fully saturated rings. The summed E-state index contributed by atoms with van der Waals surface area (Å²) in [5.74, 6) is 0.949. The quantitative estimate of drug-likeness (QED) is 0.858. The van der Waals surface area contributed by atoms with E-state index in [2.05, 4.69) is 46.6 Å². The molecule has 1 aliphatic heterocycles. The van der Waals surface area contributed by atoms with Gasteiger partial charge < -0.3 is 5.32 Å². The molecule has 1 atom stereocenters. The van der Waals surface area contributed by atoms with Crippen LogP contribution in [-0.2, 0) is 4.79 Å². The fourth-order valence-electron chi connectivity index (χ4n) is 3.28. The predicted octanol–water partition coefficient (Wildman–Crippen LogP) is 3.33. The minimum atomic E-state index is -0.178. The molecule has 0 saturated carbocycles. The molecule has 1 N–H and O–H groups in total. The second-order valence-corrected chi connectivity index (χ2v) is 6.75. The monoisotopic (exact) mass is 326 g/mol. The van der Waals surface area contributed by atoms with E-state index in [9.17, 15) is 4.79 Å². The number of aryl methyl sites for hydroxylation is 1. The van der Waals surface area contributed by atoms with Crippen molar-refractivity contribution in [2.24, 2.45) is 0 Å². The van der Waals surface area contributed by atoms with Gasteiger partial charge >= 0.3 is 0 Å². The highest BCUT2D eigenvalue weighted by molar-refractivity contribution is 7.98. The van der Waals surface area contributed by atoms with Crippen molar-refractivity contribution in [3.8, 4) is 0 Å². The van der Waals surface area contributed by atoms with E-state index < -0.39 is 0 Å². The molecule has 1 aromatic carbocycles. The second-order valence-electron chi connectivity index (χ2n) is 5.97. The Morgan fingerprint density at radius 3 is 2.78 bits per heavy atom. The molecule has 2 aromatic rings. The van der Waals surface area contributed by atoms with E-state index in [-0.39, 0.29) is 11.8 Å². The first-order valence-electron chi connectivity index (χ1n) is 7.77. The highest BCUT2D eigenvalue weighted by Crippen LogP contribution is 2.40. The number of anilines is 1. The Morgan fingerprint density at radius 1 is 1.26 bits per heavy atom. The van der Waals surface area contributed by atoms with Crippen LogP contribution in [0, 0.1) is 6.92 Å². The molecule has 118 valence electrons. The van der Waals surface area contributed by atoms with Crippen molar-refractivity contribution in [2.45, 2.75) is 37.4 Å². The lowest BCUT2D eigenvalue weighted by atomic mass is 9.85. The zero-order chi connectivity index (χ0) is 16.0. The van der Waals surface area contributed by atoms with Crippen molar-refractivity contribution < 1.29 is 4.79 Å². The van der Waals surface area contributed by atoms with Gasteiger partial charge in [0.05, 0.1) is 0 Å². The Kier molecular flexibility index (Phi) is 3.49. The highest BCUT2D eigenvalue weighted by atomic mass is 32.2. The summed E-state index contributed by atoms with van der Waals surface area (Å²) in [7, 11) is 0. The van der Waals surface area contributed by atoms with Crippen LogP contribution < -0.4 is 5.32 Å². The summed E-state index contributed by atoms with van der Waals surface area (Å²) in [4.78, 5) is 17.1. The second kappa shape index (κ2) is 5.53. The summed E-state index contributed by atoms with van der Waals surface area (Å²) in [5, 5.41) is 8.64. The van der Waals surface area contributed by atoms with Crippen molar-refractivity contribution >= 4 is 23.5 Å². The lowest BCUT2D eigenvalue weighted by Gasteiger charge is -2.32. The maximum absolute atomic E-state index is 12.6. The van der Waals surface area contributed by atoms with Crippen LogP contribution in [0.4, 0.5) is 5.95 Å². The van der Waals surface area contributed by atoms with Crippen LogP contribution in [0.5, 0.6) is 0 Å². The Balaban J connectivity index is 1.90. The number of hydrogen-bond donors (Lipinski definition) is 1. The van der Waals surface area contributed by atoms with Crippen molar-refractivity contribution in [3.05, 3.63) is 46.7 Å². The molecule has 0 spiro atoms. The summed E-state index contributed by atoms with van der Waals surface area (Å²) in [6.45, 7) is 2.06. The third-order valence-corrected chi connectivity index (χ3v) is 4.96. The topological polar surface area (TPSA) is 59.8 Å². The first-order valence-corrected chi connectivity index (χ1v) is 9.00. The van der Waals surface area contributed by atoms with Crippen molar-refractivity contribution in [1.82, 2.24) is 14.8 Å². The van der Waals surface area contributed by atoms with Gasteiger partial charge in [-0.05, 0) is 31.6 Å². The first kappa shape index (κ1) is 14.5. The molecule has 1 aliphatic carbocycles. The van der Waals surface area contributed by atoms with Crippen LogP contribution in [0.2, 0.25) is 0 Å². The van der Waals surface area contributed by atoms with Gasteiger partial charge in [0.1, 0.15) is 6.04 Å². The zero-order valence-electron chi connectivity index (χ0n) is 13.2. The number of rotatable bonds is 2. The number of aromatic nitrogens is 3. The maximum Gasteiger partial charge on any atom is 0.227 e. The number of ketones is 1. The van der Waals surface area contributed by atoms with Crippen LogP contribution >= 0.6 is 11.8 Å². The number of benzene rings is 1. The summed E-state index contributed by atoms with van der Waals surface area (Å²) < 4.78 is 1.86. The Bertz CT molecular complexity index is 807. The van der Waals surface area contributed by atoms with E-state index >= 15 is 0 Å². The largest absolute Gasteiger partial charge is 0.328 e. The fourth-order valence-corrected chi connectivity index (χ4v) is 3.63. The molecular weight excluding hydrogens is 308 g/mol. The van der Waals surface area contributed by atoms with Crippen LogP contribution in [0.3, 0.4) is 0 Å². The minimum absolute atomic E-state index is 0.178. The number of nitrogens with one attached hydrogen (secondary N) is 1. The summed E-state index contributed by atoms with van der Waals surface area (Å²) in [6.07, 6.45) is 4.36. The molecule has 0 radical (unpaired) electrons. The van der Waals surface area contributed by atoms with Gasteiger partial charge in [-0.2, -0.15) is 4.98 Å². The van der Waals surface area contributed by atoms with Gasteiger partial charge in [-0.25, -0.2) is 4.68 Å². The average molecular weight is 326 g/mol. The summed E-state index contributed by atoms with van der Waals surface area (Å²) in [6, 6.07) is 8.15. The molecule has 6 heteroatoms. The SMILES string of the molecule is CSc1nc2n(n1)[C@H](c1ccc(C)cc1)C1=C(CCCC1=O)N2. The highest BCUT2D eigenvalue weighted by Gasteiger charge is 2.36. The van der Waals surface area contributed by atoms with Crippen LogP contribution in [0.1, 0.15) is 36.4 Å². The van der Waals surface area contributed by atoms with Crippen molar-refractivity contribution in [2.75, 3.05) is 11.6 Å². The van der Waals surface area contributed by atoms with Gasteiger partial charge in [0.2, 0.25) is 11.1 Å². The predicted molar refractivity (Wildman–Crippen MR) is 90.6 cm³/mol. The molecular formula is C17H18N4OS. The van der Waals surface area contributed by atoms with E-state index in [0.717, 1.165) is 40.8 Å².